The Morgan fingerprint density at radius 3 is 2.06 bits per heavy atom. The second-order valence-corrected chi connectivity index (χ2v) is 5.00. The number of hydrogen-bond donors (Lipinski definition) is 1. The van der Waals surface area contributed by atoms with Crippen molar-refractivity contribution in [3.63, 3.8) is 0 Å². The van der Waals surface area contributed by atoms with Crippen LogP contribution in [0.1, 0.15) is 72.6 Å². The van der Waals surface area contributed by atoms with Crippen molar-refractivity contribution in [3.8, 4) is 0 Å². The predicted molar refractivity (Wildman–Crippen MR) is 77.8 cm³/mol. The first-order chi connectivity index (χ1) is 8.50. The molecule has 0 aliphatic heterocycles. The van der Waals surface area contributed by atoms with Gasteiger partial charge < -0.3 is 5.11 Å². The highest BCUT2D eigenvalue weighted by Crippen LogP contribution is 2.16. The van der Waals surface area contributed by atoms with Gasteiger partial charge in [0.15, 0.2) is 0 Å². The average molecular weight is 252 g/mol. The first kappa shape index (κ1) is 16.9. The molecule has 0 aliphatic carbocycles. The molecule has 0 atom stereocenters. The van der Waals surface area contributed by atoms with Crippen LogP contribution in [-0.2, 0) is 4.79 Å². The normalized spacial score (nSPS) is 13.4. The molecule has 18 heavy (non-hydrogen) atoms. The molecule has 0 saturated heterocycles. The van der Waals surface area contributed by atoms with Crippen LogP contribution in [0.3, 0.4) is 0 Å². The average Bonchev–Trinajstić information content (AvgIpc) is 2.35. The third-order valence-corrected chi connectivity index (χ3v) is 3.48. The summed E-state index contributed by atoms with van der Waals surface area (Å²) in [6, 6.07) is 0. The summed E-state index contributed by atoms with van der Waals surface area (Å²) in [4.78, 5) is 10.8. The summed E-state index contributed by atoms with van der Waals surface area (Å²) >= 11 is 0. The minimum atomic E-state index is -0.820. The topological polar surface area (TPSA) is 37.3 Å². The highest BCUT2D eigenvalue weighted by Gasteiger charge is 2.05. The summed E-state index contributed by atoms with van der Waals surface area (Å²) in [5.41, 5.74) is 2.45. The van der Waals surface area contributed by atoms with Gasteiger partial charge in [-0.3, -0.25) is 0 Å². The van der Waals surface area contributed by atoms with E-state index in [0.29, 0.717) is 5.57 Å². The quantitative estimate of drug-likeness (QED) is 0.352. The molecule has 1 N–H and O–H groups in total. The molecular formula is C16H28O2. The molecule has 0 heterocycles. The minimum absolute atomic E-state index is 0.451. The van der Waals surface area contributed by atoms with Crippen molar-refractivity contribution in [2.45, 2.75) is 72.6 Å². The van der Waals surface area contributed by atoms with Crippen LogP contribution < -0.4 is 0 Å². The standard InChI is InChI=1S/C16H28O2/c1-5-6-7-8-9-10-11-12-13(2)14(3)15(4)16(17)18/h12H,5-11H2,1-4H3,(H,17,18)/b13-12+,15-14+. The van der Waals surface area contributed by atoms with Gasteiger partial charge >= 0.3 is 5.97 Å². The second-order valence-electron chi connectivity index (χ2n) is 5.00. The molecule has 0 rings (SSSR count). The Kier molecular flexibility index (Phi) is 9.35. The Labute approximate surface area is 112 Å². The number of hydrogen-bond acceptors (Lipinski definition) is 1. The van der Waals surface area contributed by atoms with E-state index in [4.69, 9.17) is 5.11 Å². The highest BCUT2D eigenvalue weighted by atomic mass is 16.4. The third kappa shape index (κ3) is 7.31. The molecule has 0 aromatic rings. The Morgan fingerprint density at radius 2 is 1.50 bits per heavy atom. The molecule has 0 aliphatic rings. The number of aliphatic carboxylic acids is 1. The molecule has 0 amide bonds. The van der Waals surface area contributed by atoms with Crippen molar-refractivity contribution in [3.05, 3.63) is 22.8 Å². The van der Waals surface area contributed by atoms with Crippen LogP contribution >= 0.6 is 0 Å². The van der Waals surface area contributed by atoms with Crippen LogP contribution in [0.2, 0.25) is 0 Å². The molecule has 0 bridgehead atoms. The number of rotatable bonds is 9. The van der Waals surface area contributed by atoms with Crippen LogP contribution in [0.4, 0.5) is 0 Å². The lowest BCUT2D eigenvalue weighted by Crippen LogP contribution is -2.00. The fraction of sp³-hybridized carbons (Fsp3) is 0.688. The van der Waals surface area contributed by atoms with E-state index in [9.17, 15) is 4.79 Å². The molecule has 0 aromatic carbocycles. The Balaban J connectivity index is 3.98. The van der Waals surface area contributed by atoms with E-state index in [2.05, 4.69) is 13.0 Å². The maximum atomic E-state index is 10.8. The number of unbranched alkanes of at least 4 members (excludes halogenated alkanes) is 6. The summed E-state index contributed by atoms with van der Waals surface area (Å²) in [6.45, 7) is 7.78. The van der Waals surface area contributed by atoms with Crippen LogP contribution in [0.15, 0.2) is 22.8 Å². The molecule has 0 radical (unpaired) electrons. The monoisotopic (exact) mass is 252 g/mol. The second kappa shape index (κ2) is 9.93. The molecular weight excluding hydrogens is 224 g/mol. The first-order valence-corrected chi connectivity index (χ1v) is 7.08. The summed E-state index contributed by atoms with van der Waals surface area (Å²) in [7, 11) is 0. The summed E-state index contributed by atoms with van der Waals surface area (Å²) in [6.07, 6.45) is 11.0. The van der Waals surface area contributed by atoms with E-state index in [1.54, 1.807) is 6.92 Å². The van der Waals surface area contributed by atoms with Gasteiger partial charge in [-0.1, -0.05) is 50.7 Å². The molecule has 0 unspecified atom stereocenters. The number of carboxylic acids is 1. The van der Waals surface area contributed by atoms with Crippen LogP contribution in [0.5, 0.6) is 0 Å². The largest absolute Gasteiger partial charge is 0.478 e. The van der Waals surface area contributed by atoms with E-state index < -0.39 is 5.97 Å². The van der Waals surface area contributed by atoms with Crippen molar-refractivity contribution in [1.29, 1.82) is 0 Å². The van der Waals surface area contributed by atoms with E-state index in [-0.39, 0.29) is 0 Å². The Bertz CT molecular complexity index is 311. The van der Waals surface area contributed by atoms with E-state index >= 15 is 0 Å². The smallest absolute Gasteiger partial charge is 0.331 e. The zero-order valence-corrected chi connectivity index (χ0v) is 12.4. The van der Waals surface area contributed by atoms with Crippen molar-refractivity contribution in [1.82, 2.24) is 0 Å². The number of carboxylic acid groups (broad SMARTS) is 1. The maximum Gasteiger partial charge on any atom is 0.331 e. The van der Waals surface area contributed by atoms with Crippen molar-refractivity contribution in [2.24, 2.45) is 0 Å². The van der Waals surface area contributed by atoms with Crippen molar-refractivity contribution in [2.75, 3.05) is 0 Å². The van der Waals surface area contributed by atoms with Gasteiger partial charge in [-0.05, 0) is 39.2 Å². The van der Waals surface area contributed by atoms with E-state index in [0.717, 1.165) is 17.6 Å². The Morgan fingerprint density at radius 1 is 0.944 bits per heavy atom. The van der Waals surface area contributed by atoms with Gasteiger partial charge in [-0.15, -0.1) is 0 Å². The predicted octanol–water partition coefficient (Wildman–Crippen LogP) is 5.10. The number of allylic oxidation sites excluding steroid dienone is 3. The number of carbonyl (C=O) groups is 1. The fourth-order valence-corrected chi connectivity index (χ4v) is 1.85. The molecule has 0 spiro atoms. The first-order valence-electron chi connectivity index (χ1n) is 7.08. The van der Waals surface area contributed by atoms with Gasteiger partial charge in [0.1, 0.15) is 0 Å². The summed E-state index contributed by atoms with van der Waals surface area (Å²) in [5.74, 6) is -0.820. The lowest BCUT2D eigenvalue weighted by atomic mass is 10.0. The fourth-order valence-electron chi connectivity index (χ4n) is 1.85. The van der Waals surface area contributed by atoms with Crippen molar-refractivity contribution >= 4 is 5.97 Å². The lowest BCUT2D eigenvalue weighted by molar-refractivity contribution is -0.132. The summed E-state index contributed by atoms with van der Waals surface area (Å²) < 4.78 is 0. The van der Waals surface area contributed by atoms with Crippen LogP contribution in [0.25, 0.3) is 0 Å². The zero-order valence-electron chi connectivity index (χ0n) is 12.4. The van der Waals surface area contributed by atoms with Gasteiger partial charge in [0.2, 0.25) is 0 Å². The van der Waals surface area contributed by atoms with Gasteiger partial charge in [-0.2, -0.15) is 0 Å². The van der Waals surface area contributed by atoms with Gasteiger partial charge in [0.25, 0.3) is 0 Å². The molecule has 0 fully saturated rings. The van der Waals surface area contributed by atoms with Gasteiger partial charge in [0, 0.05) is 5.57 Å². The lowest BCUT2D eigenvalue weighted by Gasteiger charge is -2.05. The van der Waals surface area contributed by atoms with Crippen LogP contribution in [-0.4, -0.2) is 11.1 Å². The summed E-state index contributed by atoms with van der Waals surface area (Å²) in [5, 5.41) is 8.91. The molecule has 2 nitrogen and oxygen atoms in total. The van der Waals surface area contributed by atoms with Gasteiger partial charge in [-0.25, -0.2) is 4.79 Å². The SMILES string of the molecule is CCCCCCCC/C=C(C)/C(C)=C(\C)C(=O)O. The maximum absolute atomic E-state index is 10.8. The molecule has 104 valence electrons. The molecule has 0 aromatic heterocycles. The minimum Gasteiger partial charge on any atom is -0.478 e. The Hall–Kier alpha value is -1.05. The highest BCUT2D eigenvalue weighted by molar-refractivity contribution is 5.87. The van der Waals surface area contributed by atoms with Crippen molar-refractivity contribution < 1.29 is 9.90 Å². The van der Waals surface area contributed by atoms with Gasteiger partial charge in [0.05, 0.1) is 0 Å². The van der Waals surface area contributed by atoms with E-state index in [1.807, 2.05) is 13.8 Å². The molecule has 2 heteroatoms. The van der Waals surface area contributed by atoms with Crippen LogP contribution in [0, 0.1) is 0 Å². The molecule has 0 saturated carbocycles. The zero-order chi connectivity index (χ0) is 14.0. The third-order valence-electron chi connectivity index (χ3n) is 3.48. The van der Waals surface area contributed by atoms with E-state index in [1.165, 1.54) is 38.5 Å².